The van der Waals surface area contributed by atoms with Crippen molar-refractivity contribution in [2.75, 3.05) is 0 Å². The van der Waals surface area contributed by atoms with E-state index in [1.165, 1.54) is 18.2 Å². The van der Waals surface area contributed by atoms with Gasteiger partial charge >= 0.3 is 5.69 Å². The van der Waals surface area contributed by atoms with E-state index in [2.05, 4.69) is 4.98 Å². The summed E-state index contributed by atoms with van der Waals surface area (Å²) in [5.74, 6) is 0. The molecule has 0 saturated carbocycles. The summed E-state index contributed by atoms with van der Waals surface area (Å²) in [5.41, 5.74) is -0.304. The number of aromatic nitrogens is 2. The van der Waals surface area contributed by atoms with Crippen LogP contribution in [0.1, 0.15) is 6.42 Å². The average Bonchev–Trinajstić information content (AvgIpc) is 2.22. The van der Waals surface area contributed by atoms with Gasteiger partial charge in [-0.15, -0.1) is 0 Å². The summed E-state index contributed by atoms with van der Waals surface area (Å²) in [6, 6.07) is -0.432. The molecule has 0 aliphatic heterocycles. The van der Waals surface area contributed by atoms with Crippen molar-refractivity contribution in [1.82, 2.24) is 9.55 Å². The van der Waals surface area contributed by atoms with E-state index < -0.39 is 6.00 Å². The molecule has 0 unspecified atom stereocenters. The van der Waals surface area contributed by atoms with Crippen LogP contribution in [0.4, 0.5) is 0 Å². The maximum absolute atomic E-state index is 11.5. The fourth-order valence-electron chi connectivity index (χ4n) is 1.16. The van der Waals surface area contributed by atoms with Crippen molar-refractivity contribution in [3.8, 4) is 0 Å². The number of nitrogens with zero attached hydrogens (tertiary/aromatic N) is 1. The molecule has 4 nitrogen and oxygen atoms in total. The lowest BCUT2D eigenvalue weighted by atomic mass is 9.93. The van der Waals surface area contributed by atoms with Crippen molar-refractivity contribution in [3.63, 3.8) is 0 Å². The first-order valence-corrected chi connectivity index (χ1v) is 5.51. The van der Waals surface area contributed by atoms with Crippen molar-refractivity contribution in [2.45, 2.75) is 25.8 Å². The minimum atomic E-state index is -0.432. The molecule has 3 radical (unpaired) electrons. The van der Waals surface area contributed by atoms with Crippen molar-refractivity contribution in [2.24, 2.45) is 0 Å². The Balaban J connectivity index is 2.71. The van der Waals surface area contributed by atoms with E-state index in [-0.39, 0.29) is 10.3 Å². The van der Waals surface area contributed by atoms with Crippen molar-refractivity contribution < 1.29 is 4.65 Å². The average molecular weight is 255 g/mol. The monoisotopic (exact) mass is 255 g/mol. The van der Waals surface area contributed by atoms with Crippen molar-refractivity contribution >= 4 is 39.1 Å². The van der Waals surface area contributed by atoms with E-state index in [4.69, 9.17) is 36.3 Å². The van der Waals surface area contributed by atoms with Gasteiger partial charge in [0, 0.05) is 18.7 Å². The number of aromatic amines is 1. The van der Waals surface area contributed by atoms with Crippen LogP contribution in [0, 0.1) is 4.64 Å². The molecule has 0 saturated heterocycles. The minimum Gasteiger partial charge on any atom is -0.446 e. The molecule has 1 heterocycles. The zero-order chi connectivity index (χ0) is 12.1. The highest BCUT2D eigenvalue weighted by Gasteiger charge is 2.04. The van der Waals surface area contributed by atoms with Gasteiger partial charge in [-0.1, -0.05) is 30.6 Å². The first-order valence-electron chi connectivity index (χ1n) is 4.72. The first kappa shape index (κ1) is 13.5. The highest BCUT2D eigenvalue weighted by Crippen LogP contribution is 2.06. The fraction of sp³-hybridized carbons (Fsp3) is 0.500. The summed E-state index contributed by atoms with van der Waals surface area (Å²) in [7, 11) is 7.13. The molecule has 0 bridgehead atoms. The summed E-state index contributed by atoms with van der Waals surface area (Å²) in [6.07, 6.45) is 2.00. The zero-order valence-electron chi connectivity index (χ0n) is 8.77. The number of rotatable bonds is 5. The lowest BCUT2D eigenvalue weighted by molar-refractivity contribution is 0.276. The van der Waals surface area contributed by atoms with Crippen LogP contribution in [0.25, 0.3) is 0 Å². The second-order valence-corrected chi connectivity index (χ2v) is 3.94. The molecule has 0 spiro atoms. The molecule has 1 rings (SSSR count). The predicted molar refractivity (Wildman–Crippen MR) is 67.8 cm³/mol. The van der Waals surface area contributed by atoms with E-state index in [9.17, 15) is 4.79 Å². The van der Waals surface area contributed by atoms with Crippen LogP contribution >= 0.6 is 23.8 Å². The quantitative estimate of drug-likeness (QED) is 0.634. The fourth-order valence-corrected chi connectivity index (χ4v) is 1.46. The van der Waals surface area contributed by atoms with Gasteiger partial charge in [-0.2, -0.15) is 0 Å². The van der Waals surface area contributed by atoms with Crippen molar-refractivity contribution in [1.29, 1.82) is 0 Å². The normalized spacial score (nSPS) is 12.4. The van der Waals surface area contributed by atoms with Gasteiger partial charge in [-0.05, 0) is 6.42 Å². The summed E-state index contributed by atoms with van der Waals surface area (Å²) in [5, 5.41) is 0.339. The van der Waals surface area contributed by atoms with Crippen LogP contribution in [0.15, 0.2) is 11.0 Å². The van der Waals surface area contributed by atoms with Crippen LogP contribution in [0.3, 0.4) is 0 Å². The van der Waals surface area contributed by atoms with E-state index >= 15 is 0 Å². The molecule has 0 aromatic carbocycles. The van der Waals surface area contributed by atoms with Crippen LogP contribution in [-0.2, 0) is 11.2 Å². The standard InChI is InChI=1S/C8H10B2ClN2O2S/c1-10-15-6(9)2-3-13-4-5(11)7(16)12-8(13)14/h4,6H,2-3H2,1H3,(H,12,14,16)/t6-/m0/s1. The summed E-state index contributed by atoms with van der Waals surface area (Å²) in [4.78, 5) is 13.9. The lowest BCUT2D eigenvalue weighted by Crippen LogP contribution is -2.25. The maximum Gasteiger partial charge on any atom is 0.326 e. The Labute approximate surface area is 106 Å². The Hall–Kier alpha value is -0.520. The molecule has 0 aliphatic rings. The number of halogens is 1. The van der Waals surface area contributed by atoms with Crippen LogP contribution in [0.5, 0.6) is 0 Å². The maximum atomic E-state index is 11.5. The highest BCUT2D eigenvalue weighted by molar-refractivity contribution is 7.71. The third-order valence-electron chi connectivity index (χ3n) is 1.93. The molecule has 0 amide bonds. The van der Waals surface area contributed by atoms with E-state index in [0.29, 0.717) is 18.0 Å². The SMILES string of the molecule is [B][C@H](CCn1cc(Cl)c(=S)[nH]c1=O)O[B]C. The minimum absolute atomic E-state index is 0.241. The molecule has 83 valence electrons. The smallest absolute Gasteiger partial charge is 0.326 e. The van der Waals surface area contributed by atoms with Gasteiger partial charge in [-0.25, -0.2) is 4.79 Å². The molecule has 0 aliphatic carbocycles. The Bertz CT molecular complexity index is 462. The molecule has 1 aromatic heterocycles. The van der Waals surface area contributed by atoms with Gasteiger partial charge in [0.15, 0.2) is 0 Å². The van der Waals surface area contributed by atoms with Gasteiger partial charge < -0.3 is 4.65 Å². The lowest BCUT2D eigenvalue weighted by Gasteiger charge is -2.12. The molecule has 1 aromatic rings. The number of hydrogen-bond donors (Lipinski definition) is 1. The van der Waals surface area contributed by atoms with E-state index in [1.54, 1.807) is 6.82 Å². The van der Waals surface area contributed by atoms with Crippen LogP contribution in [0.2, 0.25) is 11.8 Å². The van der Waals surface area contributed by atoms with E-state index in [1.807, 2.05) is 0 Å². The topological polar surface area (TPSA) is 47.0 Å². The Morgan fingerprint density at radius 1 is 1.81 bits per heavy atom. The molecule has 16 heavy (non-hydrogen) atoms. The van der Waals surface area contributed by atoms with Gasteiger partial charge in [0.1, 0.15) is 12.5 Å². The van der Waals surface area contributed by atoms with Crippen molar-refractivity contribution in [3.05, 3.63) is 26.3 Å². The number of nitrogens with one attached hydrogen (secondary N) is 1. The van der Waals surface area contributed by atoms with Crippen LogP contribution < -0.4 is 5.69 Å². The van der Waals surface area contributed by atoms with Crippen LogP contribution in [-0.4, -0.2) is 30.9 Å². The first-order chi connectivity index (χ1) is 7.54. The number of hydrogen-bond acceptors (Lipinski definition) is 3. The highest BCUT2D eigenvalue weighted by atomic mass is 35.5. The molecule has 1 N–H and O–H groups in total. The Morgan fingerprint density at radius 2 is 2.50 bits per heavy atom. The molecule has 8 heteroatoms. The third kappa shape index (κ3) is 3.81. The van der Waals surface area contributed by atoms with Gasteiger partial charge in [0.25, 0.3) is 7.48 Å². The summed E-state index contributed by atoms with van der Waals surface area (Å²) < 4.78 is 6.69. The molecular formula is C8H10B2ClN2O2S. The molecule has 1 atom stereocenters. The molecule has 0 fully saturated rings. The van der Waals surface area contributed by atoms with Gasteiger partial charge in [-0.3, -0.25) is 9.55 Å². The summed E-state index contributed by atoms with van der Waals surface area (Å²) in [6.45, 7) is 2.16. The second-order valence-electron chi connectivity index (χ2n) is 3.13. The molecular weight excluding hydrogens is 245 g/mol. The predicted octanol–water partition coefficient (Wildman–Crippen LogP) is 1.13. The Kier molecular flexibility index (Phi) is 5.31. The number of aryl methyl sites for hydroxylation is 1. The van der Waals surface area contributed by atoms with E-state index in [0.717, 1.165) is 0 Å². The summed E-state index contributed by atoms with van der Waals surface area (Å²) >= 11 is 10.6. The zero-order valence-corrected chi connectivity index (χ0v) is 10.3. The Morgan fingerprint density at radius 3 is 3.12 bits per heavy atom. The second kappa shape index (κ2) is 6.27. The van der Waals surface area contributed by atoms with Gasteiger partial charge in [0.2, 0.25) is 0 Å². The largest absolute Gasteiger partial charge is 0.446 e. The van der Waals surface area contributed by atoms with Gasteiger partial charge in [0.05, 0.1) is 5.02 Å². The number of H-pyrrole nitrogens is 1. The third-order valence-corrected chi connectivity index (χ3v) is 2.65.